The summed E-state index contributed by atoms with van der Waals surface area (Å²) >= 11 is 0. The summed E-state index contributed by atoms with van der Waals surface area (Å²) in [5.74, 6) is 1.46. The van der Waals surface area contributed by atoms with E-state index in [1.807, 2.05) is 32.3 Å². The van der Waals surface area contributed by atoms with Crippen LogP contribution in [0.5, 0.6) is 11.5 Å². The molecular weight excluding hydrogens is 216 g/mol. The Morgan fingerprint density at radius 3 is 2.35 bits per heavy atom. The van der Waals surface area contributed by atoms with E-state index in [2.05, 4.69) is 4.90 Å². The van der Waals surface area contributed by atoms with Crippen LogP contribution in [0.3, 0.4) is 0 Å². The van der Waals surface area contributed by atoms with Crippen LogP contribution in [-0.2, 0) is 0 Å². The second-order valence-electron chi connectivity index (χ2n) is 4.31. The molecule has 4 nitrogen and oxygen atoms in total. The number of nitrogens with two attached hydrogens (primary N) is 1. The van der Waals surface area contributed by atoms with Gasteiger partial charge in [0.2, 0.25) is 0 Å². The number of benzene rings is 1. The van der Waals surface area contributed by atoms with Crippen LogP contribution in [-0.4, -0.2) is 39.8 Å². The third kappa shape index (κ3) is 3.91. The van der Waals surface area contributed by atoms with E-state index in [0.29, 0.717) is 0 Å². The van der Waals surface area contributed by atoms with Gasteiger partial charge in [0.15, 0.2) is 11.5 Å². The minimum absolute atomic E-state index is 0.0252. The van der Waals surface area contributed by atoms with Gasteiger partial charge in [-0.05, 0) is 44.8 Å². The van der Waals surface area contributed by atoms with Crippen molar-refractivity contribution in [1.82, 2.24) is 4.90 Å². The third-order valence-corrected chi connectivity index (χ3v) is 2.72. The minimum Gasteiger partial charge on any atom is -0.493 e. The van der Waals surface area contributed by atoms with Crippen molar-refractivity contribution in [3.05, 3.63) is 23.8 Å². The maximum atomic E-state index is 6.14. The molecule has 1 unspecified atom stereocenters. The van der Waals surface area contributed by atoms with Crippen LogP contribution in [0.4, 0.5) is 0 Å². The third-order valence-electron chi connectivity index (χ3n) is 2.72. The molecule has 96 valence electrons. The van der Waals surface area contributed by atoms with Crippen LogP contribution in [0.15, 0.2) is 18.2 Å². The van der Waals surface area contributed by atoms with E-state index in [-0.39, 0.29) is 6.04 Å². The van der Waals surface area contributed by atoms with Crippen LogP contribution in [0.1, 0.15) is 18.0 Å². The zero-order valence-electron chi connectivity index (χ0n) is 11.1. The summed E-state index contributed by atoms with van der Waals surface area (Å²) in [4.78, 5) is 2.13. The van der Waals surface area contributed by atoms with Crippen LogP contribution < -0.4 is 15.2 Å². The monoisotopic (exact) mass is 238 g/mol. The molecule has 0 aliphatic carbocycles. The molecule has 0 amide bonds. The molecule has 1 aromatic rings. The Bertz CT molecular complexity index is 353. The second kappa shape index (κ2) is 6.47. The predicted molar refractivity (Wildman–Crippen MR) is 69.6 cm³/mol. The average molecular weight is 238 g/mol. The van der Waals surface area contributed by atoms with Crippen molar-refractivity contribution in [2.45, 2.75) is 12.5 Å². The first-order valence-electron chi connectivity index (χ1n) is 5.70. The Morgan fingerprint density at radius 1 is 1.18 bits per heavy atom. The first-order chi connectivity index (χ1) is 8.08. The molecule has 4 heteroatoms. The Kier molecular flexibility index (Phi) is 5.25. The molecule has 0 aliphatic heterocycles. The Hall–Kier alpha value is -1.26. The summed E-state index contributed by atoms with van der Waals surface area (Å²) in [6, 6.07) is 5.85. The molecule has 0 saturated carbocycles. The molecule has 0 aromatic heterocycles. The smallest absolute Gasteiger partial charge is 0.161 e. The summed E-state index contributed by atoms with van der Waals surface area (Å²) in [6.07, 6.45) is 0.919. The van der Waals surface area contributed by atoms with Gasteiger partial charge in [-0.25, -0.2) is 0 Å². The number of rotatable bonds is 6. The summed E-state index contributed by atoms with van der Waals surface area (Å²) < 4.78 is 10.5. The summed E-state index contributed by atoms with van der Waals surface area (Å²) in [5.41, 5.74) is 7.21. The molecule has 0 fully saturated rings. The zero-order valence-corrected chi connectivity index (χ0v) is 11.1. The maximum absolute atomic E-state index is 6.14. The topological polar surface area (TPSA) is 47.7 Å². The molecule has 17 heavy (non-hydrogen) atoms. The molecule has 1 aromatic carbocycles. The summed E-state index contributed by atoms with van der Waals surface area (Å²) in [7, 11) is 7.35. The lowest BCUT2D eigenvalue weighted by Crippen LogP contribution is -2.20. The number of methoxy groups -OCH3 is 2. The molecule has 0 aliphatic rings. The van der Waals surface area contributed by atoms with Gasteiger partial charge in [-0.1, -0.05) is 6.07 Å². The van der Waals surface area contributed by atoms with Crippen molar-refractivity contribution in [1.29, 1.82) is 0 Å². The van der Waals surface area contributed by atoms with Crippen molar-refractivity contribution >= 4 is 0 Å². The van der Waals surface area contributed by atoms with Crippen LogP contribution in [0.25, 0.3) is 0 Å². The zero-order chi connectivity index (χ0) is 12.8. The fourth-order valence-corrected chi connectivity index (χ4v) is 1.65. The standard InChI is InChI=1S/C13H22N2O2/c1-15(2)8-7-11(14)10-5-6-12(16-3)13(9-10)17-4/h5-6,9,11H,7-8,14H2,1-4H3. The van der Waals surface area contributed by atoms with E-state index in [9.17, 15) is 0 Å². The normalized spacial score (nSPS) is 12.6. The SMILES string of the molecule is COc1ccc(C(N)CCN(C)C)cc1OC. The molecule has 0 bridgehead atoms. The van der Waals surface area contributed by atoms with Gasteiger partial charge in [-0.2, -0.15) is 0 Å². The van der Waals surface area contributed by atoms with E-state index >= 15 is 0 Å². The lowest BCUT2D eigenvalue weighted by atomic mass is 10.0. The van der Waals surface area contributed by atoms with Gasteiger partial charge >= 0.3 is 0 Å². The maximum Gasteiger partial charge on any atom is 0.161 e. The molecule has 0 radical (unpaired) electrons. The number of ether oxygens (including phenoxy) is 2. The quantitative estimate of drug-likeness (QED) is 0.818. The summed E-state index contributed by atoms with van der Waals surface area (Å²) in [6.45, 7) is 0.968. The largest absolute Gasteiger partial charge is 0.493 e. The van der Waals surface area contributed by atoms with Crippen molar-refractivity contribution < 1.29 is 9.47 Å². The fourth-order valence-electron chi connectivity index (χ4n) is 1.65. The summed E-state index contributed by atoms with van der Waals surface area (Å²) in [5, 5.41) is 0. The first-order valence-corrected chi connectivity index (χ1v) is 5.70. The van der Waals surface area contributed by atoms with Gasteiger partial charge in [0.25, 0.3) is 0 Å². The lowest BCUT2D eigenvalue weighted by molar-refractivity contribution is 0.353. The second-order valence-corrected chi connectivity index (χ2v) is 4.31. The highest BCUT2D eigenvalue weighted by atomic mass is 16.5. The van der Waals surface area contributed by atoms with Crippen LogP contribution in [0, 0.1) is 0 Å². The highest BCUT2D eigenvalue weighted by molar-refractivity contribution is 5.43. The van der Waals surface area contributed by atoms with Gasteiger partial charge in [0.05, 0.1) is 14.2 Å². The first kappa shape index (κ1) is 13.8. The highest BCUT2D eigenvalue weighted by Gasteiger charge is 2.10. The Balaban J connectivity index is 2.77. The van der Waals surface area contributed by atoms with Crippen molar-refractivity contribution in [3.8, 4) is 11.5 Å². The van der Waals surface area contributed by atoms with E-state index in [4.69, 9.17) is 15.2 Å². The molecule has 1 atom stereocenters. The Labute approximate surface area is 103 Å². The van der Waals surface area contributed by atoms with Gasteiger partial charge in [0, 0.05) is 6.04 Å². The number of hydrogen-bond donors (Lipinski definition) is 1. The van der Waals surface area contributed by atoms with Gasteiger partial charge in [0.1, 0.15) is 0 Å². The minimum atomic E-state index is 0.0252. The van der Waals surface area contributed by atoms with Crippen molar-refractivity contribution in [2.75, 3.05) is 34.9 Å². The van der Waals surface area contributed by atoms with E-state index in [1.165, 1.54) is 0 Å². The highest BCUT2D eigenvalue weighted by Crippen LogP contribution is 2.30. The van der Waals surface area contributed by atoms with E-state index in [1.54, 1.807) is 14.2 Å². The van der Waals surface area contributed by atoms with Crippen LogP contribution >= 0.6 is 0 Å². The molecule has 0 heterocycles. The van der Waals surface area contributed by atoms with Crippen molar-refractivity contribution in [2.24, 2.45) is 5.73 Å². The van der Waals surface area contributed by atoms with Crippen LogP contribution in [0.2, 0.25) is 0 Å². The molecule has 2 N–H and O–H groups in total. The van der Waals surface area contributed by atoms with E-state index in [0.717, 1.165) is 30.0 Å². The van der Waals surface area contributed by atoms with Crippen molar-refractivity contribution in [3.63, 3.8) is 0 Å². The molecule has 0 saturated heterocycles. The van der Waals surface area contributed by atoms with Gasteiger partial charge in [-0.3, -0.25) is 0 Å². The Morgan fingerprint density at radius 2 is 1.82 bits per heavy atom. The average Bonchev–Trinajstić information content (AvgIpc) is 2.34. The van der Waals surface area contributed by atoms with Gasteiger partial charge < -0.3 is 20.1 Å². The molecular formula is C13H22N2O2. The lowest BCUT2D eigenvalue weighted by Gasteiger charge is -2.17. The number of hydrogen-bond acceptors (Lipinski definition) is 4. The number of nitrogens with zero attached hydrogens (tertiary/aromatic N) is 1. The fraction of sp³-hybridized carbons (Fsp3) is 0.538. The molecule has 0 spiro atoms. The predicted octanol–water partition coefficient (Wildman–Crippen LogP) is 1.66. The van der Waals surface area contributed by atoms with E-state index < -0.39 is 0 Å². The molecule has 1 rings (SSSR count). The van der Waals surface area contributed by atoms with Gasteiger partial charge in [-0.15, -0.1) is 0 Å².